The number of ether oxygens (including phenoxy) is 4. The quantitative estimate of drug-likeness (QED) is 0.417. The van der Waals surface area contributed by atoms with Crippen molar-refractivity contribution in [2.75, 3.05) is 27.9 Å². The van der Waals surface area contributed by atoms with Gasteiger partial charge < -0.3 is 24.3 Å². The lowest BCUT2D eigenvalue weighted by molar-refractivity contribution is -0.145. The average molecular weight is 459 g/mol. The monoisotopic (exact) mass is 458 g/mol. The molecule has 1 saturated heterocycles. The Labute approximate surface area is 193 Å². The van der Waals surface area contributed by atoms with Gasteiger partial charge in [-0.1, -0.05) is 17.9 Å². The third-order valence-corrected chi connectivity index (χ3v) is 5.63. The summed E-state index contributed by atoms with van der Waals surface area (Å²) in [4.78, 5) is 38.6. The highest BCUT2D eigenvalue weighted by Crippen LogP contribution is 2.35. The molecule has 0 aliphatic carbocycles. The maximum absolute atomic E-state index is 12.4. The van der Waals surface area contributed by atoms with Crippen LogP contribution < -0.4 is 10.1 Å². The summed E-state index contributed by atoms with van der Waals surface area (Å²) in [7, 11) is 4.36. The Bertz CT molecular complexity index is 989. The van der Waals surface area contributed by atoms with E-state index in [4.69, 9.17) is 18.9 Å². The zero-order chi connectivity index (χ0) is 24.3. The van der Waals surface area contributed by atoms with Crippen LogP contribution >= 0.6 is 0 Å². The molecule has 2 aliphatic rings. The zero-order valence-corrected chi connectivity index (χ0v) is 19.8. The van der Waals surface area contributed by atoms with Crippen molar-refractivity contribution in [2.24, 2.45) is 5.92 Å². The second-order valence-corrected chi connectivity index (χ2v) is 9.01. The number of methoxy groups -OCH3 is 2. The Morgan fingerprint density at radius 1 is 1.15 bits per heavy atom. The van der Waals surface area contributed by atoms with Crippen molar-refractivity contribution in [1.82, 2.24) is 10.2 Å². The van der Waals surface area contributed by atoms with E-state index in [0.29, 0.717) is 11.3 Å². The average Bonchev–Trinajstić information content (AvgIpc) is 3.31. The maximum atomic E-state index is 12.4. The highest BCUT2D eigenvalue weighted by Gasteiger charge is 2.46. The van der Waals surface area contributed by atoms with Crippen LogP contribution in [0, 0.1) is 17.8 Å². The Kier molecular flexibility index (Phi) is 7.18. The van der Waals surface area contributed by atoms with Crippen molar-refractivity contribution >= 4 is 18.0 Å². The number of hydrogen-bond donors (Lipinski definition) is 1. The normalized spacial score (nSPS) is 24.1. The fourth-order valence-electron chi connectivity index (χ4n) is 4.10. The van der Waals surface area contributed by atoms with Crippen LogP contribution in [0.1, 0.15) is 44.4 Å². The van der Waals surface area contributed by atoms with Gasteiger partial charge in [0.15, 0.2) is 0 Å². The molecule has 0 spiro atoms. The van der Waals surface area contributed by atoms with Crippen LogP contribution in [0.3, 0.4) is 0 Å². The molecule has 3 rings (SSSR count). The van der Waals surface area contributed by atoms with Gasteiger partial charge in [-0.25, -0.2) is 4.79 Å². The standard InChI is InChI=1S/C24H30N2O7/c1-24(2,3)33-23(29)25-16-13-32-19-9-7-8-14(20(16)19)10-11-17-15(21(27)30-5)12-18(26(17)4)22(28)31-6/h7-9,15-18H,12-13H2,1-6H3,(H,25,29). The molecule has 1 fully saturated rings. The topological polar surface area (TPSA) is 103 Å². The molecule has 33 heavy (non-hydrogen) atoms. The van der Waals surface area contributed by atoms with E-state index in [9.17, 15) is 14.4 Å². The molecule has 4 unspecified atom stereocenters. The fraction of sp³-hybridized carbons (Fsp3) is 0.542. The number of likely N-dealkylation sites (N-methyl/N-ethyl adjacent to an activating group) is 1. The number of benzene rings is 1. The lowest BCUT2D eigenvalue weighted by Crippen LogP contribution is -2.39. The van der Waals surface area contributed by atoms with Crippen molar-refractivity contribution in [3.8, 4) is 17.6 Å². The summed E-state index contributed by atoms with van der Waals surface area (Å²) in [5.74, 6) is 5.43. The van der Waals surface area contributed by atoms with Gasteiger partial charge in [-0.15, -0.1) is 0 Å². The van der Waals surface area contributed by atoms with Crippen LogP contribution in [0.4, 0.5) is 4.79 Å². The van der Waals surface area contributed by atoms with Gasteiger partial charge in [-0.2, -0.15) is 0 Å². The molecule has 4 atom stereocenters. The van der Waals surface area contributed by atoms with Gasteiger partial charge in [0.25, 0.3) is 0 Å². The molecule has 9 heteroatoms. The molecule has 0 bridgehead atoms. The number of carbonyl (C=O) groups is 3. The minimum atomic E-state index is -0.627. The fourth-order valence-corrected chi connectivity index (χ4v) is 4.10. The first-order valence-corrected chi connectivity index (χ1v) is 10.7. The van der Waals surface area contributed by atoms with Crippen LogP contribution in [0.5, 0.6) is 5.75 Å². The first kappa shape index (κ1) is 24.4. The second-order valence-electron chi connectivity index (χ2n) is 9.01. The van der Waals surface area contributed by atoms with Gasteiger partial charge in [0.2, 0.25) is 0 Å². The highest BCUT2D eigenvalue weighted by atomic mass is 16.6. The minimum absolute atomic E-state index is 0.256. The summed E-state index contributed by atoms with van der Waals surface area (Å²) in [6.45, 7) is 5.63. The third-order valence-electron chi connectivity index (χ3n) is 5.63. The number of fused-ring (bicyclic) bond motifs is 1. The lowest BCUT2D eigenvalue weighted by Gasteiger charge is -2.22. The molecule has 1 amide bonds. The van der Waals surface area contributed by atoms with Crippen molar-refractivity contribution in [2.45, 2.75) is 50.9 Å². The third kappa shape index (κ3) is 5.40. The lowest BCUT2D eigenvalue weighted by atomic mass is 9.97. The number of likely N-dealkylation sites (tertiary alicyclic amines) is 1. The predicted octanol–water partition coefficient (Wildman–Crippen LogP) is 2.03. The second kappa shape index (κ2) is 9.71. The molecule has 1 aromatic carbocycles. The van der Waals surface area contributed by atoms with Gasteiger partial charge in [0.1, 0.15) is 24.0 Å². The summed E-state index contributed by atoms with van der Waals surface area (Å²) in [6, 6.07) is 3.88. The SMILES string of the molecule is COC(=O)C1CC(C(=O)OC)N(C)C1C#Cc1cccc2c1C(NC(=O)OC(C)(C)C)CO2. The molecular weight excluding hydrogens is 428 g/mol. The van der Waals surface area contributed by atoms with Crippen LogP contribution in [0.25, 0.3) is 0 Å². The van der Waals surface area contributed by atoms with Crippen LogP contribution in [-0.4, -0.2) is 68.5 Å². The number of carbonyl (C=O) groups excluding carboxylic acids is 3. The molecule has 1 N–H and O–H groups in total. The number of rotatable bonds is 3. The van der Waals surface area contributed by atoms with Gasteiger partial charge in [-0.05, 0) is 46.4 Å². The van der Waals surface area contributed by atoms with E-state index >= 15 is 0 Å². The van der Waals surface area contributed by atoms with Crippen LogP contribution in [-0.2, 0) is 23.8 Å². The minimum Gasteiger partial charge on any atom is -0.491 e. The Hall–Kier alpha value is -3.25. The number of nitrogens with zero attached hydrogens (tertiary/aromatic N) is 1. The van der Waals surface area contributed by atoms with Crippen molar-refractivity contribution < 1.29 is 33.3 Å². The summed E-state index contributed by atoms with van der Waals surface area (Å²) in [5, 5.41) is 2.83. The van der Waals surface area contributed by atoms with E-state index in [-0.39, 0.29) is 13.0 Å². The van der Waals surface area contributed by atoms with E-state index < -0.39 is 47.7 Å². The molecule has 178 valence electrons. The Morgan fingerprint density at radius 3 is 2.48 bits per heavy atom. The molecule has 2 aliphatic heterocycles. The maximum Gasteiger partial charge on any atom is 0.408 e. The van der Waals surface area contributed by atoms with Crippen molar-refractivity contribution in [1.29, 1.82) is 0 Å². The largest absolute Gasteiger partial charge is 0.491 e. The van der Waals surface area contributed by atoms with Gasteiger partial charge >= 0.3 is 18.0 Å². The predicted molar refractivity (Wildman–Crippen MR) is 118 cm³/mol. The van der Waals surface area contributed by atoms with E-state index in [0.717, 1.165) is 5.56 Å². The van der Waals surface area contributed by atoms with Gasteiger partial charge in [0.05, 0.1) is 32.2 Å². The number of nitrogens with one attached hydrogen (secondary N) is 1. The van der Waals surface area contributed by atoms with Gasteiger partial charge in [0, 0.05) is 11.1 Å². The van der Waals surface area contributed by atoms with E-state index in [1.54, 1.807) is 32.7 Å². The zero-order valence-electron chi connectivity index (χ0n) is 19.8. The first-order chi connectivity index (χ1) is 15.6. The molecule has 2 heterocycles. The number of amides is 1. The van der Waals surface area contributed by atoms with Crippen LogP contribution in [0.2, 0.25) is 0 Å². The smallest absolute Gasteiger partial charge is 0.408 e. The molecule has 9 nitrogen and oxygen atoms in total. The molecule has 0 radical (unpaired) electrons. The molecule has 0 aromatic heterocycles. The van der Waals surface area contributed by atoms with Crippen LogP contribution in [0.15, 0.2) is 18.2 Å². The summed E-state index contributed by atoms with van der Waals surface area (Å²) < 4.78 is 20.9. The Balaban J connectivity index is 1.88. The van der Waals surface area contributed by atoms with Gasteiger partial charge in [-0.3, -0.25) is 14.5 Å². The number of alkyl carbamates (subject to hydrolysis) is 1. The number of esters is 2. The summed E-state index contributed by atoms with van der Waals surface area (Å²) in [5.41, 5.74) is 0.776. The molecule has 1 aromatic rings. The highest BCUT2D eigenvalue weighted by molar-refractivity contribution is 5.81. The van der Waals surface area contributed by atoms with E-state index in [1.165, 1.54) is 14.2 Å². The van der Waals surface area contributed by atoms with Crippen molar-refractivity contribution in [3.05, 3.63) is 29.3 Å². The van der Waals surface area contributed by atoms with Crippen molar-refractivity contribution in [3.63, 3.8) is 0 Å². The molecular formula is C24H30N2O7. The number of hydrogen-bond acceptors (Lipinski definition) is 8. The van der Waals surface area contributed by atoms with E-state index in [2.05, 4.69) is 17.2 Å². The van der Waals surface area contributed by atoms with E-state index in [1.807, 2.05) is 18.2 Å². The molecule has 0 saturated carbocycles. The summed E-state index contributed by atoms with van der Waals surface area (Å²) >= 11 is 0. The first-order valence-electron chi connectivity index (χ1n) is 10.7. The summed E-state index contributed by atoms with van der Waals surface area (Å²) in [6.07, 6.45) is -0.289. The Morgan fingerprint density at radius 2 is 1.85 bits per heavy atom.